The molecule has 7 heavy (non-hydrogen) atoms. The second kappa shape index (κ2) is 1.54. The van der Waals surface area contributed by atoms with Crippen LogP contribution in [-0.2, 0) is 0 Å². The van der Waals surface area contributed by atoms with Crippen LogP contribution in [0.25, 0.3) is 0 Å². The van der Waals surface area contributed by atoms with Crippen molar-refractivity contribution in [1.82, 2.24) is 5.16 Å². The molecule has 1 rings (SSSR count). The highest BCUT2D eigenvalue weighted by atomic mass is 35.5. The van der Waals surface area contributed by atoms with Crippen molar-refractivity contribution in [2.24, 2.45) is 0 Å². The highest BCUT2D eigenvalue weighted by Gasteiger charge is 1.94. The molecule has 0 spiro atoms. The van der Waals surface area contributed by atoms with E-state index in [4.69, 9.17) is 11.6 Å². The van der Waals surface area contributed by atoms with Gasteiger partial charge in [-0.2, -0.15) is 0 Å². The average molecular weight is 117 g/mol. The van der Waals surface area contributed by atoms with Gasteiger partial charge >= 0.3 is 0 Å². The summed E-state index contributed by atoms with van der Waals surface area (Å²) in [6.45, 7) is 3.44. The molecule has 0 aromatic carbocycles. The Morgan fingerprint density at radius 2 is 2.57 bits per heavy atom. The molecular formula is C4H3ClNO. The van der Waals surface area contributed by atoms with Gasteiger partial charge in [-0.15, -0.1) is 0 Å². The quantitative estimate of drug-likeness (QED) is 0.514. The lowest BCUT2D eigenvalue weighted by Crippen LogP contribution is -1.64. The maximum atomic E-state index is 5.41. The molecule has 0 aliphatic heterocycles. The number of hydrogen-bond acceptors (Lipinski definition) is 2. The number of nitrogens with zero attached hydrogens (tertiary/aromatic N) is 1. The molecule has 2 nitrogen and oxygen atoms in total. The van der Waals surface area contributed by atoms with E-state index in [2.05, 4.69) is 16.6 Å². The Morgan fingerprint density at radius 3 is 2.71 bits per heavy atom. The lowest BCUT2D eigenvalue weighted by Gasteiger charge is -1.70. The molecule has 37 valence electrons. The molecule has 1 radical (unpaired) electrons. The van der Waals surface area contributed by atoms with Crippen LogP contribution in [-0.4, -0.2) is 5.16 Å². The van der Waals surface area contributed by atoms with E-state index < -0.39 is 0 Å². The van der Waals surface area contributed by atoms with Crippen LogP contribution in [0.4, 0.5) is 0 Å². The largest absolute Gasteiger partial charge is 0.363 e. The van der Waals surface area contributed by atoms with Gasteiger partial charge in [0, 0.05) is 6.92 Å². The summed E-state index contributed by atoms with van der Waals surface area (Å²) in [5.41, 5.74) is 0.488. The fourth-order valence-corrected chi connectivity index (χ4v) is 0.322. The molecule has 0 atom stereocenters. The van der Waals surface area contributed by atoms with Crippen molar-refractivity contribution in [3.05, 3.63) is 23.9 Å². The molecule has 3 heteroatoms. The van der Waals surface area contributed by atoms with Crippen LogP contribution in [0.2, 0.25) is 5.02 Å². The molecule has 0 fully saturated rings. The van der Waals surface area contributed by atoms with Crippen molar-refractivity contribution in [3.8, 4) is 0 Å². The van der Waals surface area contributed by atoms with E-state index in [1.165, 1.54) is 6.26 Å². The van der Waals surface area contributed by atoms with Gasteiger partial charge in [0.15, 0.2) is 0 Å². The van der Waals surface area contributed by atoms with E-state index in [1.807, 2.05) is 0 Å². The van der Waals surface area contributed by atoms with Gasteiger partial charge in [0.25, 0.3) is 0 Å². The van der Waals surface area contributed by atoms with Gasteiger partial charge in [-0.1, -0.05) is 16.8 Å². The molecule has 1 aromatic rings. The molecule has 0 unspecified atom stereocenters. The number of hydrogen-bond donors (Lipinski definition) is 0. The lowest BCUT2D eigenvalue weighted by atomic mass is 10.5. The second-order valence-corrected chi connectivity index (χ2v) is 1.52. The van der Waals surface area contributed by atoms with Gasteiger partial charge in [-0.05, 0) is 0 Å². The minimum atomic E-state index is 0.472. The van der Waals surface area contributed by atoms with Crippen LogP contribution in [0.3, 0.4) is 0 Å². The molecule has 0 N–H and O–H groups in total. The Hall–Kier alpha value is -0.500. The van der Waals surface area contributed by atoms with Gasteiger partial charge in [0.2, 0.25) is 0 Å². The predicted octanol–water partition coefficient (Wildman–Crippen LogP) is 1.51. The van der Waals surface area contributed by atoms with Crippen molar-refractivity contribution in [1.29, 1.82) is 0 Å². The zero-order chi connectivity index (χ0) is 5.28. The van der Waals surface area contributed by atoms with Gasteiger partial charge in [0.1, 0.15) is 17.0 Å². The third-order valence-corrected chi connectivity index (χ3v) is 0.902. The van der Waals surface area contributed by atoms with Crippen LogP contribution >= 0.6 is 11.6 Å². The minimum absolute atomic E-state index is 0.472. The first kappa shape index (κ1) is 4.65. The molecule has 0 saturated heterocycles. The first-order valence-electron chi connectivity index (χ1n) is 1.72. The van der Waals surface area contributed by atoms with Crippen molar-refractivity contribution in [3.63, 3.8) is 0 Å². The van der Waals surface area contributed by atoms with Crippen molar-refractivity contribution in [2.45, 2.75) is 0 Å². The number of halogens is 1. The monoisotopic (exact) mass is 116 g/mol. The van der Waals surface area contributed by atoms with Crippen LogP contribution in [0, 0.1) is 6.92 Å². The fraction of sp³-hybridized carbons (Fsp3) is 0. The molecule has 0 aliphatic carbocycles. The average Bonchev–Trinajstić information content (AvgIpc) is 1.91. The number of rotatable bonds is 0. The van der Waals surface area contributed by atoms with Crippen molar-refractivity contribution >= 4 is 11.6 Å². The van der Waals surface area contributed by atoms with Gasteiger partial charge in [-0.3, -0.25) is 0 Å². The summed E-state index contributed by atoms with van der Waals surface area (Å²) < 4.78 is 4.40. The van der Waals surface area contributed by atoms with Crippen molar-refractivity contribution < 1.29 is 4.52 Å². The Balaban J connectivity index is 3.12. The molecule has 0 aliphatic rings. The molecule has 0 bridgehead atoms. The van der Waals surface area contributed by atoms with Gasteiger partial charge in [0.05, 0.1) is 0 Å². The molecule has 1 heterocycles. The fourth-order valence-electron chi connectivity index (χ4n) is 0.248. The highest BCUT2D eigenvalue weighted by molar-refractivity contribution is 6.31. The second-order valence-electron chi connectivity index (χ2n) is 1.11. The van der Waals surface area contributed by atoms with E-state index >= 15 is 0 Å². The third-order valence-electron chi connectivity index (χ3n) is 0.595. The van der Waals surface area contributed by atoms with Crippen LogP contribution in [0.15, 0.2) is 10.8 Å². The first-order valence-corrected chi connectivity index (χ1v) is 2.10. The van der Waals surface area contributed by atoms with E-state index in [0.717, 1.165) is 0 Å². The Morgan fingerprint density at radius 1 is 1.86 bits per heavy atom. The summed E-state index contributed by atoms with van der Waals surface area (Å²) in [5.74, 6) is 0. The van der Waals surface area contributed by atoms with Crippen molar-refractivity contribution in [2.75, 3.05) is 0 Å². The van der Waals surface area contributed by atoms with Crippen LogP contribution in [0.5, 0.6) is 0 Å². The zero-order valence-corrected chi connectivity index (χ0v) is 4.27. The summed E-state index contributed by atoms with van der Waals surface area (Å²) in [6.07, 6.45) is 1.34. The van der Waals surface area contributed by atoms with E-state index in [-0.39, 0.29) is 0 Å². The third kappa shape index (κ3) is 0.747. The maximum Gasteiger partial charge on any atom is 0.142 e. The lowest BCUT2D eigenvalue weighted by molar-refractivity contribution is 0.417. The number of aromatic nitrogens is 1. The maximum absolute atomic E-state index is 5.41. The molecular weight excluding hydrogens is 114 g/mol. The summed E-state index contributed by atoms with van der Waals surface area (Å²) in [6, 6.07) is 0. The Bertz CT molecular complexity index is 144. The summed E-state index contributed by atoms with van der Waals surface area (Å²) >= 11 is 5.41. The zero-order valence-electron chi connectivity index (χ0n) is 3.52. The van der Waals surface area contributed by atoms with E-state index in [1.54, 1.807) is 0 Å². The molecule has 0 saturated carbocycles. The topological polar surface area (TPSA) is 26.0 Å². The first-order chi connectivity index (χ1) is 3.30. The van der Waals surface area contributed by atoms with E-state index in [9.17, 15) is 0 Å². The standard InChI is InChI=1S/C4H3ClNO/c1-3-4(5)2-7-6-3/h2H,1H2. The predicted molar refractivity (Wildman–Crippen MR) is 26.0 cm³/mol. The SMILES string of the molecule is [CH2]c1nocc1Cl. The summed E-state index contributed by atoms with van der Waals surface area (Å²) in [5, 5.41) is 3.87. The normalized spacial score (nSPS) is 9.43. The summed E-state index contributed by atoms with van der Waals surface area (Å²) in [7, 11) is 0. The highest BCUT2D eigenvalue weighted by Crippen LogP contribution is 2.10. The smallest absolute Gasteiger partial charge is 0.142 e. The Kier molecular flexibility index (Phi) is 1.02. The van der Waals surface area contributed by atoms with E-state index in [0.29, 0.717) is 10.7 Å². The molecule has 0 amide bonds. The summed E-state index contributed by atoms with van der Waals surface area (Å²) in [4.78, 5) is 0. The van der Waals surface area contributed by atoms with Gasteiger partial charge in [-0.25, -0.2) is 0 Å². The molecule has 1 aromatic heterocycles. The van der Waals surface area contributed by atoms with Gasteiger partial charge < -0.3 is 4.52 Å². The van der Waals surface area contributed by atoms with Crippen LogP contribution in [0.1, 0.15) is 5.69 Å². The van der Waals surface area contributed by atoms with Crippen LogP contribution < -0.4 is 0 Å². The minimum Gasteiger partial charge on any atom is -0.363 e. The Labute approximate surface area is 46.1 Å².